The van der Waals surface area contributed by atoms with Crippen LogP contribution in [0.5, 0.6) is 0 Å². The van der Waals surface area contributed by atoms with E-state index >= 15 is 0 Å². The summed E-state index contributed by atoms with van der Waals surface area (Å²) in [7, 11) is 1.30. The molecule has 0 spiro atoms. The molecular weight excluding hydrogens is 272 g/mol. The molecule has 2 rings (SSSR count). The Morgan fingerprint density at radius 2 is 2.00 bits per heavy atom. The van der Waals surface area contributed by atoms with Crippen molar-refractivity contribution in [3.05, 3.63) is 24.3 Å². The van der Waals surface area contributed by atoms with E-state index in [1.165, 1.54) is 7.11 Å². The molecule has 0 atom stereocenters. The molecule has 1 aliphatic rings. The predicted molar refractivity (Wildman–Crippen MR) is 80.1 cm³/mol. The quantitative estimate of drug-likeness (QED) is 0.833. The molecule has 3 amide bonds. The largest absolute Gasteiger partial charge is 0.452 e. The van der Waals surface area contributed by atoms with Gasteiger partial charge in [0.05, 0.1) is 18.5 Å². The molecular formula is C14H20N4O3. The molecule has 7 nitrogen and oxygen atoms in total. The summed E-state index contributed by atoms with van der Waals surface area (Å²) < 4.78 is 4.59. The topological polar surface area (TPSA) is 73.9 Å². The van der Waals surface area contributed by atoms with Crippen LogP contribution in [0.15, 0.2) is 24.3 Å². The smallest absolute Gasteiger partial charge is 0.425 e. The fourth-order valence-electron chi connectivity index (χ4n) is 2.11. The van der Waals surface area contributed by atoms with Crippen LogP contribution in [0.3, 0.4) is 0 Å². The minimum absolute atomic E-state index is 0.176. The predicted octanol–water partition coefficient (Wildman–Crippen LogP) is 2.05. The van der Waals surface area contributed by atoms with Crippen molar-refractivity contribution >= 4 is 23.5 Å². The van der Waals surface area contributed by atoms with Crippen molar-refractivity contribution in [2.24, 2.45) is 0 Å². The van der Waals surface area contributed by atoms with E-state index in [0.717, 1.165) is 24.2 Å². The number of unbranched alkanes of at least 4 members (excludes halogenated alkanes) is 1. The summed E-state index contributed by atoms with van der Waals surface area (Å²) in [4.78, 5) is 25.2. The van der Waals surface area contributed by atoms with Gasteiger partial charge in [-0.1, -0.05) is 25.5 Å². The Morgan fingerprint density at radius 1 is 1.29 bits per heavy atom. The Hall–Kier alpha value is -2.44. The van der Waals surface area contributed by atoms with Crippen molar-refractivity contribution in [1.29, 1.82) is 0 Å². The number of rotatable bonds is 4. The number of anilines is 2. The Balaban J connectivity index is 2.11. The molecule has 0 aromatic heterocycles. The Morgan fingerprint density at radius 3 is 2.67 bits per heavy atom. The minimum atomic E-state index is -0.571. The first-order chi connectivity index (χ1) is 10.2. The standard InChI is InChI=1S/C14H20N4O3/c1-3-4-9-15-13(19)17-10-18(16-14(20)21-2)12-8-6-5-7-11(12)17/h5-8H,3-4,9-10H2,1-2H3,(H,15,19)(H,16,20). The fourth-order valence-corrected chi connectivity index (χ4v) is 2.11. The highest BCUT2D eigenvalue weighted by atomic mass is 16.5. The van der Waals surface area contributed by atoms with Crippen LogP contribution in [0.1, 0.15) is 19.8 Å². The molecule has 1 aromatic rings. The van der Waals surface area contributed by atoms with Crippen LogP contribution in [-0.4, -0.2) is 32.4 Å². The zero-order valence-corrected chi connectivity index (χ0v) is 12.3. The number of carbonyl (C=O) groups excluding carboxylic acids is 2. The van der Waals surface area contributed by atoms with Crippen molar-refractivity contribution < 1.29 is 14.3 Å². The van der Waals surface area contributed by atoms with Crippen molar-refractivity contribution in [1.82, 2.24) is 10.7 Å². The van der Waals surface area contributed by atoms with Gasteiger partial charge in [-0.2, -0.15) is 0 Å². The molecule has 0 saturated carbocycles. The number of nitrogens with zero attached hydrogens (tertiary/aromatic N) is 2. The lowest BCUT2D eigenvalue weighted by atomic mass is 10.2. The van der Waals surface area contributed by atoms with Gasteiger partial charge in [0.15, 0.2) is 0 Å². The average molecular weight is 292 g/mol. The molecule has 1 aliphatic heterocycles. The second-order valence-corrected chi connectivity index (χ2v) is 4.68. The molecule has 0 saturated heterocycles. The monoisotopic (exact) mass is 292 g/mol. The molecule has 2 N–H and O–H groups in total. The first kappa shape index (κ1) is 15.0. The number of methoxy groups -OCH3 is 1. The van der Waals surface area contributed by atoms with E-state index in [2.05, 4.69) is 22.4 Å². The highest BCUT2D eigenvalue weighted by molar-refractivity contribution is 5.99. The molecule has 7 heteroatoms. The van der Waals surface area contributed by atoms with Crippen LogP contribution < -0.4 is 20.7 Å². The number of fused-ring (bicyclic) bond motifs is 1. The first-order valence-corrected chi connectivity index (χ1v) is 6.94. The van der Waals surface area contributed by atoms with Crippen LogP contribution in [-0.2, 0) is 4.74 Å². The summed E-state index contributed by atoms with van der Waals surface area (Å²) >= 11 is 0. The van der Waals surface area contributed by atoms with Gasteiger partial charge in [-0.05, 0) is 18.6 Å². The van der Waals surface area contributed by atoms with Gasteiger partial charge < -0.3 is 10.1 Å². The van der Waals surface area contributed by atoms with Gasteiger partial charge in [0.25, 0.3) is 0 Å². The molecule has 0 fully saturated rings. The molecule has 114 valence electrons. The number of carbonyl (C=O) groups is 2. The lowest BCUT2D eigenvalue weighted by Gasteiger charge is -2.20. The lowest BCUT2D eigenvalue weighted by Crippen LogP contribution is -2.48. The highest BCUT2D eigenvalue weighted by Gasteiger charge is 2.30. The zero-order chi connectivity index (χ0) is 15.2. The van der Waals surface area contributed by atoms with Gasteiger partial charge >= 0.3 is 12.1 Å². The van der Waals surface area contributed by atoms with Gasteiger partial charge in [0.1, 0.15) is 6.67 Å². The molecule has 21 heavy (non-hydrogen) atoms. The Bertz CT molecular complexity index is 521. The normalized spacial score (nSPS) is 12.9. The van der Waals surface area contributed by atoms with E-state index in [-0.39, 0.29) is 12.7 Å². The molecule has 0 aliphatic carbocycles. The molecule has 0 unspecified atom stereocenters. The summed E-state index contributed by atoms with van der Waals surface area (Å²) in [6.45, 7) is 2.95. The van der Waals surface area contributed by atoms with Crippen LogP contribution in [0.25, 0.3) is 0 Å². The third-order valence-electron chi connectivity index (χ3n) is 3.21. The van der Waals surface area contributed by atoms with Crippen LogP contribution in [0.4, 0.5) is 21.0 Å². The second kappa shape index (κ2) is 6.83. The maximum Gasteiger partial charge on any atom is 0.425 e. The number of para-hydroxylation sites is 2. The summed E-state index contributed by atoms with van der Waals surface area (Å²) in [5, 5.41) is 4.45. The van der Waals surface area contributed by atoms with Gasteiger partial charge in [0, 0.05) is 6.54 Å². The highest BCUT2D eigenvalue weighted by Crippen LogP contribution is 2.34. The summed E-state index contributed by atoms with van der Waals surface area (Å²) in [6.07, 6.45) is 1.39. The average Bonchev–Trinajstić information content (AvgIpc) is 2.86. The number of ether oxygens (including phenoxy) is 1. The Labute approximate surface area is 123 Å². The maximum atomic E-state index is 12.2. The minimum Gasteiger partial charge on any atom is -0.452 e. The first-order valence-electron chi connectivity index (χ1n) is 6.94. The SMILES string of the molecule is CCCCNC(=O)N1CN(NC(=O)OC)c2ccccc21. The van der Waals surface area contributed by atoms with Gasteiger partial charge in [-0.3, -0.25) is 9.91 Å². The van der Waals surface area contributed by atoms with Crippen molar-refractivity contribution in [3.8, 4) is 0 Å². The lowest BCUT2D eigenvalue weighted by molar-refractivity contribution is 0.170. The number of amides is 3. The number of urea groups is 1. The second-order valence-electron chi connectivity index (χ2n) is 4.68. The number of hydrogen-bond donors (Lipinski definition) is 2. The van der Waals surface area contributed by atoms with Crippen molar-refractivity contribution in [2.75, 3.05) is 30.2 Å². The summed E-state index contributed by atoms with van der Waals surface area (Å²) in [5.74, 6) is 0. The van der Waals surface area contributed by atoms with Gasteiger partial charge in [-0.25, -0.2) is 15.0 Å². The molecule has 0 radical (unpaired) electrons. The maximum absolute atomic E-state index is 12.2. The van der Waals surface area contributed by atoms with Crippen molar-refractivity contribution in [3.63, 3.8) is 0 Å². The molecule has 1 heterocycles. The van der Waals surface area contributed by atoms with E-state index in [1.54, 1.807) is 9.91 Å². The van der Waals surface area contributed by atoms with Crippen molar-refractivity contribution in [2.45, 2.75) is 19.8 Å². The fraction of sp³-hybridized carbons (Fsp3) is 0.429. The molecule has 1 aromatic carbocycles. The van der Waals surface area contributed by atoms with Gasteiger partial charge in [0.2, 0.25) is 0 Å². The summed E-state index contributed by atoms with van der Waals surface area (Å²) in [6, 6.07) is 7.21. The number of hydrazine groups is 1. The number of hydrogen-bond acceptors (Lipinski definition) is 4. The van der Waals surface area contributed by atoms with E-state index in [0.29, 0.717) is 6.54 Å². The third-order valence-corrected chi connectivity index (χ3v) is 3.21. The summed E-state index contributed by atoms with van der Waals surface area (Å²) in [5.41, 5.74) is 4.10. The van der Waals surface area contributed by atoms with E-state index < -0.39 is 6.09 Å². The number of benzene rings is 1. The third kappa shape index (κ3) is 3.36. The zero-order valence-electron chi connectivity index (χ0n) is 12.3. The molecule has 0 bridgehead atoms. The van der Waals surface area contributed by atoms with E-state index in [1.807, 2.05) is 24.3 Å². The number of nitrogens with one attached hydrogen (secondary N) is 2. The Kier molecular flexibility index (Phi) is 4.86. The van der Waals surface area contributed by atoms with E-state index in [9.17, 15) is 9.59 Å². The van der Waals surface area contributed by atoms with Gasteiger partial charge in [-0.15, -0.1) is 0 Å². The van der Waals surface area contributed by atoms with Crippen LogP contribution in [0, 0.1) is 0 Å². The van der Waals surface area contributed by atoms with E-state index in [4.69, 9.17) is 0 Å². The van der Waals surface area contributed by atoms with Crippen LogP contribution in [0.2, 0.25) is 0 Å². The van der Waals surface area contributed by atoms with Crippen LogP contribution >= 0.6 is 0 Å².